The lowest BCUT2D eigenvalue weighted by atomic mass is 10.1. The van der Waals surface area contributed by atoms with Crippen molar-refractivity contribution >= 4 is 40.7 Å². The van der Waals surface area contributed by atoms with E-state index < -0.39 is 0 Å². The highest BCUT2D eigenvalue weighted by molar-refractivity contribution is 6.35. The van der Waals surface area contributed by atoms with Crippen molar-refractivity contribution in [3.05, 3.63) is 98.5 Å². The van der Waals surface area contributed by atoms with E-state index in [4.69, 9.17) is 39.5 Å². The molecule has 3 aromatic carbocycles. The largest absolute Gasteiger partial charge is 0.487 e. The smallest absolute Gasteiger partial charge is 0.253 e. The molecule has 0 N–H and O–H groups in total. The zero-order valence-electron chi connectivity index (χ0n) is 17.4. The number of carbonyl (C=O) groups excluding carboxylic acids is 1. The van der Waals surface area contributed by atoms with Crippen LogP contribution in [-0.2, 0) is 13.2 Å². The fraction of sp³-hybridized carbons (Fsp3) is 0.240. The van der Waals surface area contributed by atoms with Crippen LogP contribution in [0.15, 0.2) is 66.7 Å². The number of amides is 1. The Balaban J connectivity index is 1.32. The van der Waals surface area contributed by atoms with Gasteiger partial charge in [-0.15, -0.1) is 0 Å². The maximum atomic E-state index is 13.0. The number of hydrogen-bond acceptors (Lipinski definition) is 3. The molecule has 4 nitrogen and oxygen atoms in total. The molecule has 1 amide bonds. The molecular weight excluding hydrogens is 467 g/mol. The number of rotatable bonds is 6. The monoisotopic (exact) mass is 488 g/mol. The molecule has 1 heterocycles. The topological polar surface area (TPSA) is 32.8 Å². The van der Waals surface area contributed by atoms with Crippen molar-refractivity contribution in [1.82, 2.24) is 9.80 Å². The summed E-state index contributed by atoms with van der Waals surface area (Å²) in [5.74, 6) is 0.599. The van der Waals surface area contributed by atoms with Gasteiger partial charge in [-0.25, -0.2) is 0 Å². The van der Waals surface area contributed by atoms with Crippen molar-refractivity contribution < 1.29 is 9.53 Å². The summed E-state index contributed by atoms with van der Waals surface area (Å²) in [5.41, 5.74) is 2.75. The van der Waals surface area contributed by atoms with Crippen molar-refractivity contribution in [2.24, 2.45) is 0 Å². The van der Waals surface area contributed by atoms with Gasteiger partial charge in [-0.3, -0.25) is 9.69 Å². The molecule has 3 aromatic rings. The van der Waals surface area contributed by atoms with Crippen molar-refractivity contribution in [3.8, 4) is 5.75 Å². The highest BCUT2D eigenvalue weighted by Crippen LogP contribution is 2.28. The molecule has 0 radical (unpaired) electrons. The molecule has 0 atom stereocenters. The molecule has 4 rings (SSSR count). The first-order chi connectivity index (χ1) is 15.5. The van der Waals surface area contributed by atoms with E-state index in [9.17, 15) is 4.79 Å². The quantitative estimate of drug-likeness (QED) is 0.414. The third kappa shape index (κ3) is 5.96. The number of nitrogens with zero attached hydrogens (tertiary/aromatic N) is 2. The van der Waals surface area contributed by atoms with E-state index in [1.807, 2.05) is 47.4 Å². The molecule has 0 spiro atoms. The molecule has 0 saturated carbocycles. The van der Waals surface area contributed by atoms with Crippen LogP contribution in [0.2, 0.25) is 15.1 Å². The molecule has 0 bridgehead atoms. The Hall–Kier alpha value is -2.24. The van der Waals surface area contributed by atoms with E-state index in [2.05, 4.69) is 11.0 Å². The van der Waals surface area contributed by atoms with Gasteiger partial charge in [0.2, 0.25) is 0 Å². The average molecular weight is 490 g/mol. The second kappa shape index (κ2) is 10.6. The summed E-state index contributed by atoms with van der Waals surface area (Å²) in [5, 5.41) is 1.77. The summed E-state index contributed by atoms with van der Waals surface area (Å²) >= 11 is 18.2. The number of ether oxygens (including phenoxy) is 1. The van der Waals surface area contributed by atoms with E-state index in [1.165, 1.54) is 5.56 Å². The standard InChI is InChI=1S/C25H23Cl3N2O2/c26-21-6-2-3-18(14-21)16-29-9-11-30(12-10-29)25(31)20-5-1-4-19(13-20)17-32-24-8-7-22(27)15-23(24)28/h1-8,13-15H,9-12,16-17H2. The molecule has 7 heteroatoms. The lowest BCUT2D eigenvalue weighted by Crippen LogP contribution is -2.48. The molecule has 0 unspecified atom stereocenters. The van der Waals surface area contributed by atoms with Gasteiger partial charge in [0.15, 0.2) is 0 Å². The Labute approximate surface area is 203 Å². The van der Waals surface area contributed by atoms with Crippen LogP contribution in [0.1, 0.15) is 21.5 Å². The Morgan fingerprint density at radius 2 is 1.53 bits per heavy atom. The number of halogens is 3. The predicted molar refractivity (Wildman–Crippen MR) is 130 cm³/mol. The summed E-state index contributed by atoms with van der Waals surface area (Å²) in [7, 11) is 0. The van der Waals surface area contributed by atoms with Gasteiger partial charge in [0.25, 0.3) is 5.91 Å². The molecule has 0 aromatic heterocycles. The summed E-state index contributed by atoms with van der Waals surface area (Å²) < 4.78 is 5.81. The zero-order chi connectivity index (χ0) is 22.5. The first kappa shape index (κ1) is 22.9. The molecule has 32 heavy (non-hydrogen) atoms. The minimum absolute atomic E-state index is 0.0405. The number of carbonyl (C=O) groups is 1. The second-order valence-electron chi connectivity index (χ2n) is 7.76. The second-order valence-corrected chi connectivity index (χ2v) is 9.04. The Kier molecular flexibility index (Phi) is 7.59. The van der Waals surface area contributed by atoms with Crippen LogP contribution >= 0.6 is 34.8 Å². The SMILES string of the molecule is O=C(c1cccc(COc2ccc(Cl)cc2Cl)c1)N1CCN(Cc2cccc(Cl)c2)CC1. The van der Waals surface area contributed by atoms with Crippen LogP contribution in [0.5, 0.6) is 5.75 Å². The summed E-state index contributed by atoms with van der Waals surface area (Å²) in [6.07, 6.45) is 0. The van der Waals surface area contributed by atoms with Crippen LogP contribution in [0.4, 0.5) is 0 Å². The van der Waals surface area contributed by atoms with E-state index in [-0.39, 0.29) is 5.91 Å². The van der Waals surface area contributed by atoms with Crippen LogP contribution in [0, 0.1) is 0 Å². The molecule has 166 valence electrons. The predicted octanol–water partition coefficient (Wildman–Crippen LogP) is 6.18. The number of benzene rings is 3. The molecule has 1 saturated heterocycles. The van der Waals surface area contributed by atoms with Gasteiger partial charge in [0, 0.05) is 48.3 Å². The average Bonchev–Trinajstić information content (AvgIpc) is 2.79. The molecular formula is C25H23Cl3N2O2. The van der Waals surface area contributed by atoms with Crippen molar-refractivity contribution in [2.75, 3.05) is 26.2 Å². The third-order valence-electron chi connectivity index (χ3n) is 5.42. The van der Waals surface area contributed by atoms with Gasteiger partial charge < -0.3 is 9.64 Å². The first-order valence-electron chi connectivity index (χ1n) is 10.4. The molecule has 1 aliphatic heterocycles. The fourth-order valence-corrected chi connectivity index (χ4v) is 4.41. The van der Waals surface area contributed by atoms with Crippen molar-refractivity contribution in [1.29, 1.82) is 0 Å². The van der Waals surface area contributed by atoms with E-state index in [0.29, 0.717) is 41.1 Å². The van der Waals surface area contributed by atoms with Gasteiger partial charge in [0.05, 0.1) is 5.02 Å². The third-order valence-corrected chi connectivity index (χ3v) is 6.18. The Morgan fingerprint density at radius 1 is 0.812 bits per heavy atom. The van der Waals surface area contributed by atoms with Gasteiger partial charge in [-0.2, -0.15) is 0 Å². The van der Waals surface area contributed by atoms with Crippen LogP contribution < -0.4 is 4.74 Å². The van der Waals surface area contributed by atoms with Gasteiger partial charge in [0.1, 0.15) is 12.4 Å². The number of piperazine rings is 1. The van der Waals surface area contributed by atoms with Gasteiger partial charge >= 0.3 is 0 Å². The molecule has 1 aliphatic rings. The van der Waals surface area contributed by atoms with Crippen LogP contribution in [0.25, 0.3) is 0 Å². The maximum Gasteiger partial charge on any atom is 0.253 e. The Morgan fingerprint density at radius 3 is 2.28 bits per heavy atom. The lowest BCUT2D eigenvalue weighted by molar-refractivity contribution is 0.0628. The Bertz CT molecular complexity index is 1100. The van der Waals surface area contributed by atoms with Crippen LogP contribution in [0.3, 0.4) is 0 Å². The summed E-state index contributed by atoms with van der Waals surface area (Å²) in [4.78, 5) is 17.3. The van der Waals surface area contributed by atoms with Gasteiger partial charge in [-0.05, 0) is 53.6 Å². The summed E-state index contributed by atoms with van der Waals surface area (Å²) in [6.45, 7) is 4.20. The highest BCUT2D eigenvalue weighted by Gasteiger charge is 2.22. The van der Waals surface area contributed by atoms with Gasteiger partial charge in [-0.1, -0.05) is 59.1 Å². The minimum Gasteiger partial charge on any atom is -0.487 e. The molecule has 0 aliphatic carbocycles. The van der Waals surface area contributed by atoms with E-state index in [1.54, 1.807) is 18.2 Å². The highest BCUT2D eigenvalue weighted by atomic mass is 35.5. The van der Waals surface area contributed by atoms with Crippen molar-refractivity contribution in [3.63, 3.8) is 0 Å². The normalized spacial score (nSPS) is 14.4. The summed E-state index contributed by atoms with van der Waals surface area (Å²) in [6, 6.07) is 20.6. The fourth-order valence-electron chi connectivity index (χ4n) is 3.73. The first-order valence-corrected chi connectivity index (χ1v) is 11.5. The maximum absolute atomic E-state index is 13.0. The van der Waals surface area contributed by atoms with E-state index in [0.717, 1.165) is 30.2 Å². The minimum atomic E-state index is 0.0405. The number of hydrogen-bond donors (Lipinski definition) is 0. The lowest BCUT2D eigenvalue weighted by Gasteiger charge is -2.35. The zero-order valence-corrected chi connectivity index (χ0v) is 19.7. The van der Waals surface area contributed by atoms with Crippen molar-refractivity contribution in [2.45, 2.75) is 13.2 Å². The van der Waals surface area contributed by atoms with Crippen LogP contribution in [-0.4, -0.2) is 41.9 Å². The molecule has 1 fully saturated rings. The van der Waals surface area contributed by atoms with E-state index >= 15 is 0 Å².